The van der Waals surface area contributed by atoms with E-state index in [1.165, 1.54) is 12.1 Å². The highest BCUT2D eigenvalue weighted by Crippen LogP contribution is 2.36. The number of anilines is 1. The van der Waals surface area contributed by atoms with Gasteiger partial charge in [-0.15, -0.1) is 0 Å². The molecule has 0 aromatic heterocycles. The number of urea groups is 1. The van der Waals surface area contributed by atoms with E-state index in [9.17, 15) is 24.0 Å². The number of nitrogens with zero attached hydrogens (tertiary/aromatic N) is 1. The number of hydrogen-bond donors (Lipinski definition) is 4. The van der Waals surface area contributed by atoms with Crippen molar-refractivity contribution in [2.45, 2.75) is 44.6 Å². The zero-order chi connectivity index (χ0) is 22.6. The maximum absolute atomic E-state index is 12.9. The molecule has 1 aromatic rings. The lowest BCUT2D eigenvalue weighted by Gasteiger charge is -2.33. The molecule has 5 N–H and O–H groups in total. The van der Waals surface area contributed by atoms with Crippen LogP contribution in [0.25, 0.3) is 0 Å². The van der Waals surface area contributed by atoms with Crippen molar-refractivity contribution in [3.63, 3.8) is 0 Å². The summed E-state index contributed by atoms with van der Waals surface area (Å²) in [7, 11) is 0. The first kappa shape index (κ1) is 22.3. The smallest absolute Gasteiger partial charge is 0.325 e. The molecule has 0 atom stereocenters. The molecule has 1 spiro atoms. The van der Waals surface area contributed by atoms with Crippen molar-refractivity contribution in [3.8, 4) is 0 Å². The Hall–Kier alpha value is -3.43. The molecule has 1 heterocycles. The van der Waals surface area contributed by atoms with Crippen LogP contribution in [-0.4, -0.2) is 53.2 Å². The Morgan fingerprint density at radius 3 is 2.55 bits per heavy atom. The van der Waals surface area contributed by atoms with Crippen molar-refractivity contribution >= 4 is 35.3 Å². The number of rotatable bonds is 7. The standard InChI is InChI=1S/C21H27N5O5/c1-13-6-9-21(10-7-13)19(30)26(20(31)25-21)12-17(28)24-15-5-3-2-4-14(15)18(29)23-11-8-16(22)27/h2-5,13H,6-12H2,1H3,(H2,22,27)(H,23,29)(H,24,28)(H,25,31). The van der Waals surface area contributed by atoms with E-state index >= 15 is 0 Å². The summed E-state index contributed by atoms with van der Waals surface area (Å²) in [5, 5.41) is 7.92. The number of primary amides is 1. The highest BCUT2D eigenvalue weighted by Gasteiger charge is 2.52. The van der Waals surface area contributed by atoms with Gasteiger partial charge in [0.05, 0.1) is 11.3 Å². The minimum Gasteiger partial charge on any atom is -0.370 e. The van der Waals surface area contributed by atoms with Crippen LogP contribution in [0.5, 0.6) is 0 Å². The van der Waals surface area contributed by atoms with Gasteiger partial charge in [0.2, 0.25) is 11.8 Å². The molecular weight excluding hydrogens is 402 g/mol. The predicted octanol–water partition coefficient (Wildman–Crippen LogP) is 0.731. The van der Waals surface area contributed by atoms with Crippen LogP contribution in [0.2, 0.25) is 0 Å². The third-order valence-electron chi connectivity index (χ3n) is 5.78. The van der Waals surface area contributed by atoms with Crippen molar-refractivity contribution in [2.24, 2.45) is 11.7 Å². The second-order valence-electron chi connectivity index (χ2n) is 8.15. The monoisotopic (exact) mass is 429 g/mol. The maximum atomic E-state index is 12.9. The van der Waals surface area contributed by atoms with Crippen LogP contribution in [0.15, 0.2) is 24.3 Å². The molecule has 1 saturated carbocycles. The quantitative estimate of drug-likeness (QED) is 0.471. The number of carbonyl (C=O) groups excluding carboxylic acids is 5. The summed E-state index contributed by atoms with van der Waals surface area (Å²) in [6.45, 7) is 1.74. The zero-order valence-corrected chi connectivity index (χ0v) is 17.4. The van der Waals surface area contributed by atoms with Crippen LogP contribution >= 0.6 is 0 Å². The number of amides is 6. The van der Waals surface area contributed by atoms with Crippen molar-refractivity contribution in [3.05, 3.63) is 29.8 Å². The number of benzene rings is 1. The van der Waals surface area contributed by atoms with E-state index in [1.807, 2.05) is 0 Å². The van der Waals surface area contributed by atoms with E-state index in [0.29, 0.717) is 18.8 Å². The summed E-state index contributed by atoms with van der Waals surface area (Å²) in [5.74, 6) is -1.50. The second kappa shape index (κ2) is 9.15. The van der Waals surface area contributed by atoms with Gasteiger partial charge in [0, 0.05) is 13.0 Å². The summed E-state index contributed by atoms with van der Waals surface area (Å²) in [5.41, 5.74) is 4.57. The Morgan fingerprint density at radius 1 is 1.19 bits per heavy atom. The minimum absolute atomic E-state index is 0.00697. The van der Waals surface area contributed by atoms with Crippen molar-refractivity contribution in [2.75, 3.05) is 18.4 Å². The van der Waals surface area contributed by atoms with Crippen molar-refractivity contribution in [1.29, 1.82) is 0 Å². The third kappa shape index (κ3) is 5.01. The number of nitrogens with two attached hydrogens (primary N) is 1. The molecule has 3 rings (SSSR count). The van der Waals surface area contributed by atoms with Crippen LogP contribution in [0.1, 0.15) is 49.4 Å². The number of carbonyl (C=O) groups is 5. The highest BCUT2D eigenvalue weighted by molar-refractivity contribution is 6.11. The average molecular weight is 429 g/mol. The van der Waals surface area contributed by atoms with Gasteiger partial charge < -0.3 is 21.7 Å². The molecule has 10 heteroatoms. The molecule has 0 radical (unpaired) electrons. The van der Waals surface area contributed by atoms with Gasteiger partial charge in [-0.2, -0.15) is 0 Å². The molecule has 0 unspecified atom stereocenters. The van der Waals surface area contributed by atoms with Gasteiger partial charge in [0.1, 0.15) is 12.1 Å². The van der Waals surface area contributed by atoms with Crippen LogP contribution in [-0.2, 0) is 14.4 Å². The van der Waals surface area contributed by atoms with E-state index in [1.54, 1.807) is 12.1 Å². The zero-order valence-electron chi connectivity index (χ0n) is 17.4. The van der Waals surface area contributed by atoms with Gasteiger partial charge >= 0.3 is 6.03 Å². The first-order valence-corrected chi connectivity index (χ1v) is 10.3. The molecule has 0 bridgehead atoms. The lowest BCUT2D eigenvalue weighted by Crippen LogP contribution is -2.49. The lowest BCUT2D eigenvalue weighted by atomic mass is 9.77. The molecule has 1 aromatic carbocycles. The van der Waals surface area contributed by atoms with E-state index in [2.05, 4.69) is 22.9 Å². The second-order valence-corrected chi connectivity index (χ2v) is 8.15. The Bertz CT molecular complexity index is 907. The Morgan fingerprint density at radius 2 is 1.87 bits per heavy atom. The number of imide groups is 1. The third-order valence-corrected chi connectivity index (χ3v) is 5.78. The fourth-order valence-electron chi connectivity index (χ4n) is 3.93. The Balaban J connectivity index is 1.64. The molecule has 1 aliphatic heterocycles. The largest absolute Gasteiger partial charge is 0.370 e. The normalized spacial score (nSPS) is 22.9. The SMILES string of the molecule is CC1CCC2(CC1)NC(=O)N(CC(=O)Nc1ccccc1C(=O)NCCC(N)=O)C2=O. The van der Waals surface area contributed by atoms with E-state index in [0.717, 1.165) is 17.7 Å². The molecule has 6 amide bonds. The van der Waals surface area contributed by atoms with Gasteiger partial charge in [0.15, 0.2) is 0 Å². The number of para-hydroxylation sites is 1. The molecule has 166 valence electrons. The fourth-order valence-corrected chi connectivity index (χ4v) is 3.93. The fraction of sp³-hybridized carbons (Fsp3) is 0.476. The molecule has 2 aliphatic rings. The van der Waals surface area contributed by atoms with Crippen LogP contribution in [0.3, 0.4) is 0 Å². The molecular formula is C21H27N5O5. The molecule has 1 saturated heterocycles. The Kier molecular flexibility index (Phi) is 6.57. The average Bonchev–Trinajstić information content (AvgIpc) is 2.94. The van der Waals surface area contributed by atoms with Gasteiger partial charge in [-0.05, 0) is 43.7 Å². The van der Waals surface area contributed by atoms with Crippen molar-refractivity contribution in [1.82, 2.24) is 15.5 Å². The first-order valence-electron chi connectivity index (χ1n) is 10.3. The first-order chi connectivity index (χ1) is 14.7. The summed E-state index contributed by atoms with van der Waals surface area (Å²) >= 11 is 0. The molecule has 1 aliphatic carbocycles. The van der Waals surface area contributed by atoms with E-state index in [4.69, 9.17) is 5.73 Å². The Labute approximate surface area is 179 Å². The summed E-state index contributed by atoms with van der Waals surface area (Å²) < 4.78 is 0. The summed E-state index contributed by atoms with van der Waals surface area (Å²) in [6.07, 6.45) is 2.79. The van der Waals surface area contributed by atoms with Gasteiger partial charge in [-0.1, -0.05) is 19.1 Å². The van der Waals surface area contributed by atoms with Gasteiger partial charge in [-0.3, -0.25) is 24.1 Å². The van der Waals surface area contributed by atoms with E-state index < -0.39 is 35.8 Å². The number of hydrogen-bond acceptors (Lipinski definition) is 5. The molecule has 31 heavy (non-hydrogen) atoms. The van der Waals surface area contributed by atoms with Crippen LogP contribution < -0.4 is 21.7 Å². The lowest BCUT2D eigenvalue weighted by molar-refractivity contribution is -0.135. The highest BCUT2D eigenvalue weighted by atomic mass is 16.2. The maximum Gasteiger partial charge on any atom is 0.325 e. The van der Waals surface area contributed by atoms with Gasteiger partial charge in [0.25, 0.3) is 11.8 Å². The van der Waals surface area contributed by atoms with E-state index in [-0.39, 0.29) is 30.1 Å². The topological polar surface area (TPSA) is 151 Å². The predicted molar refractivity (Wildman–Crippen MR) is 112 cm³/mol. The van der Waals surface area contributed by atoms with Gasteiger partial charge in [-0.25, -0.2) is 4.79 Å². The number of nitrogens with one attached hydrogen (secondary N) is 3. The summed E-state index contributed by atoms with van der Waals surface area (Å²) in [6, 6.07) is 5.75. The van der Waals surface area contributed by atoms with Crippen LogP contribution in [0.4, 0.5) is 10.5 Å². The molecule has 10 nitrogen and oxygen atoms in total. The molecule has 2 fully saturated rings. The van der Waals surface area contributed by atoms with Crippen LogP contribution in [0, 0.1) is 5.92 Å². The minimum atomic E-state index is -0.915. The summed E-state index contributed by atoms with van der Waals surface area (Å²) in [4.78, 5) is 62.0. The van der Waals surface area contributed by atoms with Crippen molar-refractivity contribution < 1.29 is 24.0 Å².